The van der Waals surface area contributed by atoms with E-state index in [0.717, 1.165) is 38.5 Å². The molecule has 0 saturated carbocycles. The van der Waals surface area contributed by atoms with E-state index in [9.17, 15) is 4.79 Å². The Morgan fingerprint density at radius 3 is 2.90 bits per heavy atom. The number of thioether (sulfide) groups is 1. The van der Waals surface area contributed by atoms with Crippen molar-refractivity contribution in [2.75, 3.05) is 12.3 Å². The molecular formula is C20H19N5O2S2. The molecule has 1 aromatic carbocycles. The highest BCUT2D eigenvalue weighted by Crippen LogP contribution is 2.30. The Morgan fingerprint density at radius 1 is 1.21 bits per heavy atom. The van der Waals surface area contributed by atoms with E-state index in [1.165, 1.54) is 23.1 Å². The van der Waals surface area contributed by atoms with Crippen molar-refractivity contribution in [3.63, 3.8) is 0 Å². The Kier molecular flexibility index (Phi) is 5.86. The summed E-state index contributed by atoms with van der Waals surface area (Å²) in [5.74, 6) is 0.586. The topological polar surface area (TPSA) is 93.8 Å². The van der Waals surface area contributed by atoms with Gasteiger partial charge in [-0.3, -0.25) is 9.78 Å². The lowest BCUT2D eigenvalue weighted by Gasteiger charge is -2.07. The minimum atomic E-state index is -0.0761. The van der Waals surface area contributed by atoms with Gasteiger partial charge in [-0.15, -0.1) is 21.5 Å². The second-order valence-electron chi connectivity index (χ2n) is 6.40. The van der Waals surface area contributed by atoms with Crippen molar-refractivity contribution < 1.29 is 9.21 Å². The first kappa shape index (κ1) is 19.5. The van der Waals surface area contributed by atoms with Gasteiger partial charge in [0.1, 0.15) is 4.88 Å². The molecule has 4 aromatic rings. The molecule has 4 rings (SSSR count). The molecule has 0 fully saturated rings. The smallest absolute Gasteiger partial charge is 0.277 e. The second kappa shape index (κ2) is 8.71. The minimum absolute atomic E-state index is 0.0761. The number of benzene rings is 1. The van der Waals surface area contributed by atoms with Crippen LogP contribution in [0, 0.1) is 13.8 Å². The molecule has 148 valence electrons. The molecule has 0 aliphatic carbocycles. The number of nitrogens with zero attached hydrogens (tertiary/aromatic N) is 4. The number of hydrogen-bond donors (Lipinski definition) is 1. The van der Waals surface area contributed by atoms with Crippen LogP contribution in [0.25, 0.3) is 21.7 Å². The van der Waals surface area contributed by atoms with Crippen LogP contribution in [0.15, 0.2) is 46.2 Å². The van der Waals surface area contributed by atoms with Crippen LogP contribution in [-0.2, 0) is 11.2 Å². The minimum Gasteiger partial charge on any atom is -0.410 e. The zero-order valence-corrected chi connectivity index (χ0v) is 17.6. The first-order valence-electron chi connectivity index (χ1n) is 9.10. The molecule has 29 heavy (non-hydrogen) atoms. The summed E-state index contributed by atoms with van der Waals surface area (Å²) in [5.41, 5.74) is 2.96. The number of thiazole rings is 1. The van der Waals surface area contributed by atoms with Gasteiger partial charge in [-0.1, -0.05) is 36.0 Å². The number of aromatic nitrogens is 4. The summed E-state index contributed by atoms with van der Waals surface area (Å²) in [7, 11) is 0. The largest absolute Gasteiger partial charge is 0.410 e. The number of carbonyl (C=O) groups excluding carboxylic acids is 1. The molecule has 3 heterocycles. The predicted molar refractivity (Wildman–Crippen MR) is 114 cm³/mol. The van der Waals surface area contributed by atoms with Gasteiger partial charge < -0.3 is 9.73 Å². The van der Waals surface area contributed by atoms with Gasteiger partial charge in [0, 0.05) is 18.1 Å². The zero-order valence-electron chi connectivity index (χ0n) is 16.0. The number of pyridine rings is 1. The Balaban J connectivity index is 1.28. The normalized spacial score (nSPS) is 11.1. The van der Waals surface area contributed by atoms with Gasteiger partial charge in [0.25, 0.3) is 11.1 Å². The number of hydrogen-bond acceptors (Lipinski definition) is 8. The van der Waals surface area contributed by atoms with Crippen molar-refractivity contribution in [2.45, 2.75) is 25.5 Å². The van der Waals surface area contributed by atoms with E-state index >= 15 is 0 Å². The first-order valence-corrected chi connectivity index (χ1v) is 10.9. The lowest BCUT2D eigenvalue weighted by molar-refractivity contribution is -0.118. The van der Waals surface area contributed by atoms with Crippen LogP contribution in [0.2, 0.25) is 0 Å². The van der Waals surface area contributed by atoms with E-state index in [1.54, 1.807) is 6.20 Å². The van der Waals surface area contributed by atoms with Gasteiger partial charge in [-0.05, 0) is 31.9 Å². The van der Waals surface area contributed by atoms with Gasteiger partial charge in [0.2, 0.25) is 5.91 Å². The maximum atomic E-state index is 12.2. The predicted octanol–water partition coefficient (Wildman–Crippen LogP) is 3.81. The fourth-order valence-electron chi connectivity index (χ4n) is 2.97. The summed E-state index contributed by atoms with van der Waals surface area (Å²) in [6.45, 7) is 4.39. The summed E-state index contributed by atoms with van der Waals surface area (Å²) in [6.07, 6.45) is 2.51. The standard InChI is InChI=1S/C20H19N5O2S2/c1-12-18(29-13(2)23-12)19-24-25-20(27-19)28-11-16(26)21-10-8-15-6-3-5-14-7-4-9-22-17(14)15/h3-7,9H,8,10-11H2,1-2H3,(H,21,26). The van der Waals surface area contributed by atoms with Crippen LogP contribution in [-0.4, -0.2) is 38.4 Å². The molecule has 0 unspecified atom stereocenters. The van der Waals surface area contributed by atoms with Crippen molar-refractivity contribution in [3.8, 4) is 10.8 Å². The summed E-state index contributed by atoms with van der Waals surface area (Å²) in [5, 5.41) is 13.4. The number of carbonyl (C=O) groups is 1. The molecule has 9 heteroatoms. The monoisotopic (exact) mass is 425 g/mol. The van der Waals surface area contributed by atoms with Gasteiger partial charge >= 0.3 is 0 Å². The number of para-hydroxylation sites is 1. The molecule has 0 bridgehead atoms. The molecule has 1 N–H and O–H groups in total. The van der Waals surface area contributed by atoms with E-state index < -0.39 is 0 Å². The fraction of sp³-hybridized carbons (Fsp3) is 0.250. The Bertz CT molecular complexity index is 1150. The van der Waals surface area contributed by atoms with Crippen molar-refractivity contribution in [1.29, 1.82) is 0 Å². The van der Waals surface area contributed by atoms with Crippen LogP contribution >= 0.6 is 23.1 Å². The van der Waals surface area contributed by atoms with Gasteiger partial charge in [-0.2, -0.15) is 0 Å². The number of amides is 1. The maximum absolute atomic E-state index is 12.2. The summed E-state index contributed by atoms with van der Waals surface area (Å²) < 4.78 is 5.66. The lowest BCUT2D eigenvalue weighted by Crippen LogP contribution is -2.27. The van der Waals surface area contributed by atoms with Crippen LogP contribution in [0.1, 0.15) is 16.3 Å². The zero-order chi connectivity index (χ0) is 20.2. The van der Waals surface area contributed by atoms with Crippen molar-refractivity contribution in [2.24, 2.45) is 0 Å². The molecule has 3 aromatic heterocycles. The Hall–Kier alpha value is -2.78. The molecule has 0 aliphatic rings. The van der Waals surface area contributed by atoms with Crippen LogP contribution in [0.5, 0.6) is 0 Å². The molecule has 0 aliphatic heterocycles. The average Bonchev–Trinajstić information content (AvgIpc) is 3.32. The third-order valence-corrected chi connectivity index (χ3v) is 6.14. The van der Waals surface area contributed by atoms with Gasteiger partial charge in [-0.25, -0.2) is 4.98 Å². The van der Waals surface area contributed by atoms with Gasteiger partial charge in [0.15, 0.2) is 0 Å². The number of nitrogens with one attached hydrogen (secondary N) is 1. The van der Waals surface area contributed by atoms with E-state index in [4.69, 9.17) is 4.42 Å². The average molecular weight is 426 g/mol. The molecule has 1 amide bonds. The lowest BCUT2D eigenvalue weighted by atomic mass is 10.1. The Morgan fingerprint density at radius 2 is 2.07 bits per heavy atom. The number of aryl methyl sites for hydroxylation is 2. The molecule has 7 nitrogen and oxygen atoms in total. The van der Waals surface area contributed by atoms with E-state index in [2.05, 4.69) is 25.5 Å². The molecule has 0 saturated heterocycles. The van der Waals surface area contributed by atoms with Crippen molar-refractivity contribution in [1.82, 2.24) is 25.5 Å². The highest BCUT2D eigenvalue weighted by molar-refractivity contribution is 7.99. The van der Waals surface area contributed by atoms with Gasteiger partial charge in [0.05, 0.1) is 22.0 Å². The number of rotatable bonds is 7. The first-order chi connectivity index (χ1) is 14.1. The molecule has 0 atom stereocenters. The quantitative estimate of drug-likeness (QED) is 0.450. The summed E-state index contributed by atoms with van der Waals surface area (Å²) >= 11 is 2.74. The SMILES string of the molecule is Cc1nc(C)c(-c2nnc(SCC(=O)NCCc3cccc4cccnc34)o2)s1. The van der Waals surface area contributed by atoms with E-state index in [-0.39, 0.29) is 11.7 Å². The Labute approximate surface area is 176 Å². The number of fused-ring (bicyclic) bond motifs is 1. The van der Waals surface area contributed by atoms with Crippen LogP contribution in [0.4, 0.5) is 0 Å². The third kappa shape index (κ3) is 4.63. The molecular weight excluding hydrogens is 406 g/mol. The third-order valence-electron chi connectivity index (χ3n) is 4.26. The van der Waals surface area contributed by atoms with Crippen molar-refractivity contribution in [3.05, 3.63) is 52.8 Å². The van der Waals surface area contributed by atoms with E-state index in [1.807, 2.05) is 44.2 Å². The summed E-state index contributed by atoms with van der Waals surface area (Å²) in [4.78, 5) is 21.8. The fourth-order valence-corrected chi connectivity index (χ4v) is 4.41. The van der Waals surface area contributed by atoms with Crippen LogP contribution in [0.3, 0.4) is 0 Å². The van der Waals surface area contributed by atoms with Crippen molar-refractivity contribution >= 4 is 39.9 Å². The highest BCUT2D eigenvalue weighted by Gasteiger charge is 2.16. The maximum Gasteiger partial charge on any atom is 0.277 e. The van der Waals surface area contributed by atoms with E-state index in [0.29, 0.717) is 17.7 Å². The highest BCUT2D eigenvalue weighted by atomic mass is 32.2. The molecule has 0 radical (unpaired) electrons. The summed E-state index contributed by atoms with van der Waals surface area (Å²) in [6, 6.07) is 10.0. The van der Waals surface area contributed by atoms with Crippen LogP contribution < -0.4 is 5.32 Å². The molecule has 0 spiro atoms. The second-order valence-corrected chi connectivity index (χ2v) is 8.53.